The second kappa shape index (κ2) is 11.2. The van der Waals surface area contributed by atoms with Crippen LogP contribution in [0.4, 0.5) is 11.5 Å². The van der Waals surface area contributed by atoms with Gasteiger partial charge in [-0.05, 0) is 24.3 Å². The van der Waals surface area contributed by atoms with Crippen molar-refractivity contribution in [3.63, 3.8) is 0 Å². The largest absolute Gasteiger partial charge is 0.493 e. The maximum absolute atomic E-state index is 11.8. The maximum Gasteiger partial charge on any atom is 0.163 e. The lowest BCUT2D eigenvalue weighted by Gasteiger charge is -2.32. The van der Waals surface area contributed by atoms with Crippen LogP contribution in [0, 0.1) is 0 Å². The molecule has 1 unspecified atom stereocenters. The Kier molecular flexibility index (Phi) is 8.05. The van der Waals surface area contributed by atoms with Gasteiger partial charge in [-0.3, -0.25) is 9.69 Å². The molecule has 0 saturated carbocycles. The van der Waals surface area contributed by atoms with E-state index in [-0.39, 0.29) is 11.9 Å². The predicted octanol–water partition coefficient (Wildman–Crippen LogP) is 4.75. The summed E-state index contributed by atoms with van der Waals surface area (Å²) in [5.41, 5.74) is 1.43. The Morgan fingerprint density at radius 2 is 2.06 bits per heavy atom. The van der Waals surface area contributed by atoms with Gasteiger partial charge in [-0.1, -0.05) is 30.1 Å². The molecule has 1 aliphatic rings. The summed E-state index contributed by atoms with van der Waals surface area (Å²) in [7, 11) is 1.58. The number of Topliss-reactive ketones (excluding diaryl/α,β-unsaturated/α-hetero) is 1. The van der Waals surface area contributed by atoms with Gasteiger partial charge >= 0.3 is 0 Å². The molecule has 1 saturated heterocycles. The number of rotatable bonds is 9. The molecule has 1 fully saturated rings. The van der Waals surface area contributed by atoms with E-state index >= 15 is 0 Å². The zero-order valence-corrected chi connectivity index (χ0v) is 20.5. The quantitative estimate of drug-likeness (QED) is 0.446. The van der Waals surface area contributed by atoms with Crippen molar-refractivity contribution in [2.45, 2.75) is 19.4 Å². The van der Waals surface area contributed by atoms with Crippen molar-refractivity contribution in [3.8, 4) is 11.5 Å². The Balaban J connectivity index is 1.50. The number of aromatic nitrogens is 2. The van der Waals surface area contributed by atoms with Crippen LogP contribution in [0.5, 0.6) is 11.5 Å². The first-order valence-electron chi connectivity index (χ1n) is 11.0. The SMILES string of the molecule is CCC(=O)CN1CCOC(COc2cc3ncnc(Nc4ccc(Cl)c(Cl)c4)c3cc2OC)C1. The third kappa shape index (κ3) is 5.88. The number of benzene rings is 2. The van der Waals surface area contributed by atoms with Crippen molar-refractivity contribution in [2.75, 3.05) is 45.3 Å². The van der Waals surface area contributed by atoms with Crippen molar-refractivity contribution < 1.29 is 19.0 Å². The molecule has 8 nitrogen and oxygen atoms in total. The smallest absolute Gasteiger partial charge is 0.163 e. The molecule has 1 aliphatic heterocycles. The van der Waals surface area contributed by atoms with Gasteiger partial charge in [-0.25, -0.2) is 9.97 Å². The lowest BCUT2D eigenvalue weighted by Crippen LogP contribution is -2.46. The molecule has 2 heterocycles. The second-order valence-electron chi connectivity index (χ2n) is 7.93. The number of carbonyl (C=O) groups excluding carboxylic acids is 1. The van der Waals surface area contributed by atoms with Gasteiger partial charge in [0.25, 0.3) is 0 Å². The fourth-order valence-corrected chi connectivity index (χ4v) is 4.01. The number of fused-ring (bicyclic) bond motifs is 1. The molecule has 1 aromatic heterocycles. The molecule has 1 N–H and O–H groups in total. The Hall–Kier alpha value is -2.65. The van der Waals surface area contributed by atoms with Crippen molar-refractivity contribution in [1.82, 2.24) is 14.9 Å². The number of hydrogen-bond donors (Lipinski definition) is 1. The Labute approximate surface area is 208 Å². The Morgan fingerprint density at radius 1 is 1.21 bits per heavy atom. The zero-order valence-electron chi connectivity index (χ0n) is 19.0. The minimum absolute atomic E-state index is 0.143. The number of anilines is 2. The summed E-state index contributed by atoms with van der Waals surface area (Å²) in [4.78, 5) is 22.7. The number of morpholine rings is 1. The lowest BCUT2D eigenvalue weighted by molar-refractivity contribution is -0.122. The molecule has 0 bridgehead atoms. The predicted molar refractivity (Wildman–Crippen MR) is 133 cm³/mol. The van der Waals surface area contributed by atoms with E-state index in [4.69, 9.17) is 37.4 Å². The zero-order chi connectivity index (χ0) is 24.1. The molecule has 0 spiro atoms. The van der Waals surface area contributed by atoms with Crippen molar-refractivity contribution in [2.24, 2.45) is 0 Å². The summed E-state index contributed by atoms with van der Waals surface area (Å²) < 4.78 is 17.5. The van der Waals surface area contributed by atoms with Crippen LogP contribution in [-0.2, 0) is 9.53 Å². The summed E-state index contributed by atoms with van der Waals surface area (Å²) in [5.74, 6) is 1.93. The highest BCUT2D eigenvalue weighted by atomic mass is 35.5. The maximum atomic E-state index is 11.8. The van der Waals surface area contributed by atoms with Crippen LogP contribution in [0.2, 0.25) is 10.0 Å². The number of ketones is 1. The Morgan fingerprint density at radius 3 is 2.82 bits per heavy atom. The van der Waals surface area contributed by atoms with Crippen molar-refractivity contribution in [3.05, 3.63) is 46.7 Å². The van der Waals surface area contributed by atoms with Gasteiger partial charge in [-0.2, -0.15) is 0 Å². The summed E-state index contributed by atoms with van der Waals surface area (Å²) in [6, 6.07) is 8.91. The van der Waals surface area contributed by atoms with E-state index in [1.54, 1.807) is 19.2 Å². The molecule has 34 heavy (non-hydrogen) atoms. The van der Waals surface area contributed by atoms with Crippen molar-refractivity contribution in [1.29, 1.82) is 0 Å². The molecule has 0 amide bonds. The Bertz CT molecular complexity index is 1180. The van der Waals surface area contributed by atoms with E-state index in [0.717, 1.165) is 17.6 Å². The molecule has 1 atom stereocenters. The molecule has 3 aromatic rings. The summed E-state index contributed by atoms with van der Waals surface area (Å²) in [5, 5.41) is 4.93. The highest BCUT2D eigenvalue weighted by Crippen LogP contribution is 2.35. The summed E-state index contributed by atoms with van der Waals surface area (Å²) in [6.07, 6.45) is 1.87. The van der Waals surface area contributed by atoms with Gasteiger partial charge in [0.15, 0.2) is 11.5 Å². The van der Waals surface area contributed by atoms with Gasteiger partial charge in [0.2, 0.25) is 0 Å². The molecule has 0 aliphatic carbocycles. The van der Waals surface area contributed by atoms with Crippen LogP contribution < -0.4 is 14.8 Å². The number of carbonyl (C=O) groups is 1. The van der Waals surface area contributed by atoms with Crippen LogP contribution in [-0.4, -0.2) is 66.7 Å². The first kappa shape index (κ1) is 24.5. The summed E-state index contributed by atoms with van der Waals surface area (Å²) in [6.45, 7) is 4.61. The minimum atomic E-state index is -0.143. The van der Waals surface area contributed by atoms with Gasteiger partial charge < -0.3 is 19.5 Å². The fraction of sp³-hybridized carbons (Fsp3) is 0.375. The van der Waals surface area contributed by atoms with Crippen LogP contribution in [0.25, 0.3) is 10.9 Å². The molecule has 10 heteroatoms. The number of halogens is 2. The normalized spacial score (nSPS) is 16.4. The number of hydrogen-bond acceptors (Lipinski definition) is 8. The first-order valence-corrected chi connectivity index (χ1v) is 11.8. The summed E-state index contributed by atoms with van der Waals surface area (Å²) >= 11 is 12.2. The third-order valence-corrected chi connectivity index (χ3v) is 6.28. The molecular weight excluding hydrogens is 479 g/mol. The topological polar surface area (TPSA) is 85.8 Å². The van der Waals surface area contributed by atoms with Crippen LogP contribution >= 0.6 is 23.2 Å². The highest BCUT2D eigenvalue weighted by molar-refractivity contribution is 6.42. The number of methoxy groups -OCH3 is 1. The van der Waals surface area contributed by atoms with Crippen LogP contribution in [0.3, 0.4) is 0 Å². The van der Waals surface area contributed by atoms with Gasteiger partial charge in [0.05, 0.1) is 35.8 Å². The van der Waals surface area contributed by atoms with Gasteiger partial charge in [-0.15, -0.1) is 0 Å². The number of nitrogens with one attached hydrogen (secondary N) is 1. The van der Waals surface area contributed by atoms with E-state index in [0.29, 0.717) is 65.6 Å². The number of ether oxygens (including phenoxy) is 3. The molecule has 2 aromatic carbocycles. The first-order chi connectivity index (χ1) is 16.5. The van der Waals surface area contributed by atoms with E-state index in [9.17, 15) is 4.79 Å². The van der Waals surface area contributed by atoms with Gasteiger partial charge in [0.1, 0.15) is 30.6 Å². The fourth-order valence-electron chi connectivity index (χ4n) is 3.72. The van der Waals surface area contributed by atoms with Crippen molar-refractivity contribution >= 4 is 51.4 Å². The standard InChI is InChI=1S/C24H26Cl2N4O4/c1-3-16(31)11-30-6-7-33-17(12-30)13-34-23-10-21-18(9-22(23)32-2)24(28-14-27-21)29-15-4-5-19(25)20(26)8-15/h4-5,8-10,14,17H,3,6-7,11-13H2,1-2H3,(H,27,28,29). The minimum Gasteiger partial charge on any atom is -0.493 e. The van der Waals surface area contributed by atoms with E-state index in [1.807, 2.05) is 25.1 Å². The number of nitrogens with zero attached hydrogens (tertiary/aromatic N) is 3. The molecule has 0 radical (unpaired) electrons. The molecule has 4 rings (SSSR count). The van der Waals surface area contributed by atoms with Crippen LogP contribution in [0.1, 0.15) is 13.3 Å². The van der Waals surface area contributed by atoms with E-state index in [1.165, 1.54) is 6.33 Å². The third-order valence-electron chi connectivity index (χ3n) is 5.55. The average molecular weight is 505 g/mol. The molecule has 180 valence electrons. The van der Waals surface area contributed by atoms with Crippen LogP contribution in [0.15, 0.2) is 36.7 Å². The average Bonchev–Trinajstić information content (AvgIpc) is 2.84. The van der Waals surface area contributed by atoms with Gasteiger partial charge in [0, 0.05) is 36.7 Å². The van der Waals surface area contributed by atoms with E-state index < -0.39 is 0 Å². The highest BCUT2D eigenvalue weighted by Gasteiger charge is 2.23. The molecular formula is C24H26Cl2N4O4. The van der Waals surface area contributed by atoms with E-state index in [2.05, 4.69) is 20.2 Å². The second-order valence-corrected chi connectivity index (χ2v) is 8.74. The monoisotopic (exact) mass is 504 g/mol. The lowest BCUT2D eigenvalue weighted by atomic mass is 10.2.